The molecule has 2 fully saturated rings. The van der Waals surface area contributed by atoms with Crippen molar-refractivity contribution in [1.82, 2.24) is 14.9 Å². The molecule has 0 radical (unpaired) electrons. The van der Waals surface area contributed by atoms with Crippen LogP contribution in [0.4, 0.5) is 19.1 Å². The van der Waals surface area contributed by atoms with Gasteiger partial charge in [-0.25, -0.2) is 14.8 Å². The maximum Gasteiger partial charge on any atom is 0.490 e. The van der Waals surface area contributed by atoms with E-state index < -0.39 is 12.1 Å². The van der Waals surface area contributed by atoms with Crippen LogP contribution in [-0.2, 0) is 16.0 Å². The standard InChI is InChI=1S/C15H24N4O.C2HF3O2/c1-3-12-8-16-15(17-9-12)19-6-7-20-14-11-18(2)5-4-13(14)10-19;3-2(4,5)1(6)7/h8-9,13-14H,3-7,10-11H2,1-2H3;(H,6,7)/t13-,14-;/m1./s1. The van der Waals surface area contributed by atoms with Gasteiger partial charge in [-0.15, -0.1) is 0 Å². The number of ether oxygens (including phenoxy) is 1. The molecule has 0 aliphatic carbocycles. The van der Waals surface area contributed by atoms with Gasteiger partial charge in [-0.1, -0.05) is 6.92 Å². The van der Waals surface area contributed by atoms with Gasteiger partial charge in [0.2, 0.25) is 5.95 Å². The van der Waals surface area contributed by atoms with Crippen molar-refractivity contribution >= 4 is 11.9 Å². The van der Waals surface area contributed by atoms with Crippen molar-refractivity contribution in [2.75, 3.05) is 44.7 Å². The zero-order valence-corrected chi connectivity index (χ0v) is 15.4. The predicted molar refractivity (Wildman–Crippen MR) is 92.7 cm³/mol. The van der Waals surface area contributed by atoms with Crippen LogP contribution in [0, 0.1) is 5.92 Å². The fourth-order valence-corrected chi connectivity index (χ4v) is 3.08. The highest BCUT2D eigenvalue weighted by Crippen LogP contribution is 2.24. The van der Waals surface area contributed by atoms with Crippen molar-refractivity contribution in [3.05, 3.63) is 18.0 Å². The fraction of sp³-hybridized carbons (Fsp3) is 0.706. The van der Waals surface area contributed by atoms with Crippen LogP contribution < -0.4 is 4.90 Å². The molecule has 0 amide bonds. The lowest BCUT2D eigenvalue weighted by Crippen LogP contribution is -2.45. The zero-order valence-electron chi connectivity index (χ0n) is 15.4. The number of aromatic nitrogens is 2. The number of likely N-dealkylation sites (tertiary alicyclic amines) is 1. The first-order valence-electron chi connectivity index (χ1n) is 8.86. The van der Waals surface area contributed by atoms with Crippen LogP contribution in [0.15, 0.2) is 12.4 Å². The number of halogens is 3. The second-order valence-corrected chi connectivity index (χ2v) is 6.71. The molecule has 2 aliphatic rings. The molecule has 2 saturated heterocycles. The summed E-state index contributed by atoms with van der Waals surface area (Å²) in [4.78, 5) is 22.6. The molecule has 2 aliphatic heterocycles. The van der Waals surface area contributed by atoms with Gasteiger partial charge in [-0.2, -0.15) is 13.2 Å². The van der Waals surface area contributed by atoms with Crippen LogP contribution in [0.5, 0.6) is 0 Å². The molecule has 3 heterocycles. The van der Waals surface area contributed by atoms with Crippen LogP contribution in [-0.4, -0.2) is 78.1 Å². The van der Waals surface area contributed by atoms with Crippen molar-refractivity contribution in [3.63, 3.8) is 0 Å². The summed E-state index contributed by atoms with van der Waals surface area (Å²) in [6.45, 7) is 7.02. The number of anilines is 1. The van der Waals surface area contributed by atoms with E-state index in [2.05, 4.69) is 33.7 Å². The number of carboxylic acids is 1. The first-order chi connectivity index (χ1) is 12.7. The minimum Gasteiger partial charge on any atom is -0.475 e. The average molecular weight is 390 g/mol. The number of nitrogens with zero attached hydrogens (tertiary/aromatic N) is 4. The largest absolute Gasteiger partial charge is 0.490 e. The molecule has 1 N–H and O–H groups in total. The predicted octanol–water partition coefficient (Wildman–Crippen LogP) is 1.83. The smallest absolute Gasteiger partial charge is 0.475 e. The maximum atomic E-state index is 10.6. The van der Waals surface area contributed by atoms with Crippen LogP contribution in [0.25, 0.3) is 0 Å². The highest BCUT2D eigenvalue weighted by molar-refractivity contribution is 5.73. The Morgan fingerprint density at radius 2 is 1.93 bits per heavy atom. The summed E-state index contributed by atoms with van der Waals surface area (Å²) in [6, 6.07) is 0. The summed E-state index contributed by atoms with van der Waals surface area (Å²) in [5.74, 6) is -1.30. The Balaban J connectivity index is 0.000000321. The first kappa shape index (κ1) is 21.4. The third-order valence-electron chi connectivity index (χ3n) is 4.67. The minimum absolute atomic E-state index is 0.369. The lowest BCUT2D eigenvalue weighted by molar-refractivity contribution is -0.192. The number of hydrogen-bond acceptors (Lipinski definition) is 6. The Labute approximate surface area is 156 Å². The molecule has 0 bridgehead atoms. The lowest BCUT2D eigenvalue weighted by atomic mass is 9.94. The molecule has 152 valence electrons. The third-order valence-corrected chi connectivity index (χ3v) is 4.67. The SMILES string of the molecule is CCc1cnc(N2CCO[C@@H]3CN(C)CC[C@@H]3C2)nc1.O=C(O)C(F)(F)F. The van der Waals surface area contributed by atoms with E-state index in [0.29, 0.717) is 12.0 Å². The van der Waals surface area contributed by atoms with E-state index in [1.54, 1.807) is 0 Å². The number of fused-ring (bicyclic) bond motifs is 1. The summed E-state index contributed by atoms with van der Waals surface area (Å²) in [5.41, 5.74) is 1.19. The summed E-state index contributed by atoms with van der Waals surface area (Å²) in [6.07, 6.45) is 1.36. The minimum atomic E-state index is -5.08. The van der Waals surface area contributed by atoms with E-state index >= 15 is 0 Å². The van der Waals surface area contributed by atoms with Crippen molar-refractivity contribution in [1.29, 1.82) is 0 Å². The summed E-state index contributed by atoms with van der Waals surface area (Å²) < 4.78 is 37.8. The zero-order chi connectivity index (χ0) is 20.0. The highest BCUT2D eigenvalue weighted by atomic mass is 19.4. The molecule has 27 heavy (non-hydrogen) atoms. The van der Waals surface area contributed by atoms with E-state index in [1.807, 2.05) is 12.4 Å². The number of hydrogen-bond donors (Lipinski definition) is 1. The van der Waals surface area contributed by atoms with Crippen LogP contribution in [0.3, 0.4) is 0 Å². The van der Waals surface area contributed by atoms with Crippen LogP contribution >= 0.6 is 0 Å². The topological polar surface area (TPSA) is 78.8 Å². The van der Waals surface area contributed by atoms with Gasteiger partial charge in [0, 0.05) is 37.9 Å². The van der Waals surface area contributed by atoms with Gasteiger partial charge >= 0.3 is 12.1 Å². The third kappa shape index (κ3) is 6.31. The number of aliphatic carboxylic acids is 1. The van der Waals surface area contributed by atoms with Gasteiger partial charge in [-0.05, 0) is 32.0 Å². The van der Waals surface area contributed by atoms with Gasteiger partial charge in [0.15, 0.2) is 0 Å². The van der Waals surface area contributed by atoms with Crippen molar-refractivity contribution in [2.45, 2.75) is 32.0 Å². The molecule has 10 heteroatoms. The van der Waals surface area contributed by atoms with Gasteiger partial charge in [0.05, 0.1) is 12.7 Å². The average Bonchev–Trinajstić information content (AvgIpc) is 2.83. The van der Waals surface area contributed by atoms with Crippen molar-refractivity contribution in [2.24, 2.45) is 5.92 Å². The number of rotatable bonds is 2. The van der Waals surface area contributed by atoms with E-state index in [1.165, 1.54) is 12.0 Å². The van der Waals surface area contributed by atoms with Crippen molar-refractivity contribution < 1.29 is 27.8 Å². The summed E-state index contributed by atoms with van der Waals surface area (Å²) in [5, 5.41) is 7.12. The second-order valence-electron chi connectivity index (χ2n) is 6.71. The molecule has 7 nitrogen and oxygen atoms in total. The Hall–Kier alpha value is -1.94. The van der Waals surface area contributed by atoms with Gasteiger partial charge < -0.3 is 19.6 Å². The molecule has 0 saturated carbocycles. The Bertz CT molecular complexity index is 612. The molecular weight excluding hydrogens is 365 g/mol. The van der Waals surface area contributed by atoms with E-state index in [4.69, 9.17) is 14.6 Å². The van der Waals surface area contributed by atoms with Crippen molar-refractivity contribution in [3.8, 4) is 0 Å². The van der Waals surface area contributed by atoms with E-state index in [0.717, 1.165) is 45.2 Å². The fourth-order valence-electron chi connectivity index (χ4n) is 3.08. The number of aryl methyl sites for hydroxylation is 1. The van der Waals surface area contributed by atoms with Crippen LogP contribution in [0.1, 0.15) is 18.9 Å². The normalized spacial score (nSPS) is 23.7. The molecule has 0 unspecified atom stereocenters. The summed E-state index contributed by atoms with van der Waals surface area (Å²) >= 11 is 0. The molecule has 1 aromatic heterocycles. The Morgan fingerprint density at radius 1 is 1.30 bits per heavy atom. The number of carboxylic acid groups (broad SMARTS) is 1. The quantitative estimate of drug-likeness (QED) is 0.825. The molecule has 0 spiro atoms. The van der Waals surface area contributed by atoms with Gasteiger partial charge in [0.1, 0.15) is 0 Å². The Morgan fingerprint density at radius 3 is 2.48 bits per heavy atom. The van der Waals surface area contributed by atoms with E-state index in [-0.39, 0.29) is 0 Å². The highest BCUT2D eigenvalue weighted by Gasteiger charge is 2.38. The van der Waals surface area contributed by atoms with E-state index in [9.17, 15) is 13.2 Å². The van der Waals surface area contributed by atoms with Gasteiger partial charge in [0.25, 0.3) is 0 Å². The number of carbonyl (C=O) groups is 1. The molecule has 2 atom stereocenters. The molecule has 0 aromatic carbocycles. The maximum absolute atomic E-state index is 10.6. The Kier molecular flexibility index (Phi) is 7.37. The van der Waals surface area contributed by atoms with Crippen LogP contribution in [0.2, 0.25) is 0 Å². The molecular formula is C17H25F3N4O3. The number of alkyl halides is 3. The molecule has 3 rings (SSSR count). The van der Waals surface area contributed by atoms with Gasteiger partial charge in [-0.3, -0.25) is 0 Å². The number of likely N-dealkylation sites (N-methyl/N-ethyl adjacent to an activating group) is 1. The lowest BCUT2D eigenvalue weighted by Gasteiger charge is -2.36. The second kappa shape index (κ2) is 9.32. The first-order valence-corrected chi connectivity index (χ1v) is 8.86. The molecule has 1 aromatic rings. The monoisotopic (exact) mass is 390 g/mol. The summed E-state index contributed by atoms with van der Waals surface area (Å²) in [7, 11) is 2.18. The number of piperidine rings is 1.